The van der Waals surface area contributed by atoms with Gasteiger partial charge in [-0.2, -0.15) is 11.8 Å². The Kier molecular flexibility index (Phi) is 5170. The summed E-state index contributed by atoms with van der Waals surface area (Å²) in [6.07, 6.45) is 4.08. The first-order chi connectivity index (χ1) is 5.41. The number of hydrogen-bond acceptors (Lipinski definition) is 1. The summed E-state index contributed by atoms with van der Waals surface area (Å²) in [5, 5.41) is 0. The van der Waals surface area contributed by atoms with Crippen molar-refractivity contribution in [1.82, 2.24) is 0 Å². The zero-order valence-electron chi connectivity index (χ0n) is 6.39. The third-order valence-corrected chi connectivity index (χ3v) is 0. The molecular formula is C6H6FeO4S. The van der Waals surface area contributed by atoms with E-state index in [1.807, 2.05) is 12.5 Å². The van der Waals surface area contributed by atoms with Gasteiger partial charge in [-0.3, -0.25) is 0 Å². The van der Waals surface area contributed by atoms with Crippen molar-refractivity contribution >= 4 is 11.8 Å². The van der Waals surface area contributed by atoms with Crippen LogP contribution in [0.25, 0.3) is 0 Å². The van der Waals surface area contributed by atoms with Crippen LogP contribution in [0.15, 0.2) is 0 Å². The standard InChI is InChI=1S/C2H6S.4CO.Fe/c1-3-2;4*1-2;/h1-2H3;;;;;. The van der Waals surface area contributed by atoms with Crippen molar-refractivity contribution < 1.29 is 35.7 Å². The fourth-order valence-electron chi connectivity index (χ4n) is 0. The molecule has 12 heavy (non-hydrogen) atoms. The zero-order chi connectivity index (χ0) is 10.7. The molecular weight excluding hydrogens is 224 g/mol. The Morgan fingerprint density at radius 3 is 0.667 bits per heavy atom. The van der Waals surface area contributed by atoms with Crippen LogP contribution >= 0.6 is 11.8 Å². The predicted molar refractivity (Wildman–Crippen MR) is 35.2 cm³/mol. The smallest absolute Gasteiger partial charge is 0 e. The van der Waals surface area contributed by atoms with Gasteiger partial charge in [-0.05, 0) is 12.5 Å². The Hall–Kier alpha value is -0.171. The molecule has 0 atom stereocenters. The van der Waals surface area contributed by atoms with Crippen LogP contribution in [0.3, 0.4) is 0 Å². The second-order valence-corrected chi connectivity index (χ2v) is 1.22. The van der Waals surface area contributed by atoms with Crippen LogP contribution in [-0.2, 0) is 35.7 Å². The molecule has 0 spiro atoms. The second-order valence-electron chi connectivity index (χ2n) is 0.408. The molecule has 0 saturated carbocycles. The van der Waals surface area contributed by atoms with Crippen molar-refractivity contribution in [3.63, 3.8) is 0 Å². The number of hydrogen-bond donors (Lipinski definition) is 0. The van der Waals surface area contributed by atoms with Crippen molar-refractivity contribution in [3.8, 4) is 0 Å². The van der Waals surface area contributed by atoms with Crippen LogP contribution in [0.5, 0.6) is 0 Å². The summed E-state index contributed by atoms with van der Waals surface area (Å²) in [7, 11) is 0. The second kappa shape index (κ2) is 1520. The fourth-order valence-corrected chi connectivity index (χ4v) is 0. The Labute approximate surface area is 86.8 Å². The van der Waals surface area contributed by atoms with Crippen LogP contribution < -0.4 is 0 Å². The van der Waals surface area contributed by atoms with Gasteiger partial charge in [-0.15, -0.1) is 0 Å². The monoisotopic (exact) mass is 230 g/mol. The Morgan fingerprint density at radius 2 is 0.667 bits per heavy atom. The van der Waals surface area contributed by atoms with Crippen LogP contribution in [0.1, 0.15) is 0 Å². The van der Waals surface area contributed by atoms with Gasteiger partial charge < -0.3 is 0 Å². The molecule has 0 aromatic rings. The van der Waals surface area contributed by atoms with Crippen LogP contribution in [0, 0.1) is 26.6 Å². The Balaban J connectivity index is -0.00000000933. The average Bonchev–Trinajstić information content (AvgIpc) is 2.18. The molecule has 0 radical (unpaired) electrons. The van der Waals surface area contributed by atoms with E-state index in [9.17, 15) is 0 Å². The first-order valence-corrected chi connectivity index (χ1v) is 3.27. The summed E-state index contributed by atoms with van der Waals surface area (Å²) in [6.45, 7) is 18.0. The molecule has 0 fully saturated rings. The summed E-state index contributed by atoms with van der Waals surface area (Å²) in [5.41, 5.74) is 0. The van der Waals surface area contributed by atoms with E-state index in [1.54, 1.807) is 11.8 Å². The molecule has 0 unspecified atom stereocenters. The Morgan fingerprint density at radius 1 is 0.667 bits per heavy atom. The van der Waals surface area contributed by atoms with Crippen molar-refractivity contribution in [3.05, 3.63) is 26.6 Å². The average molecular weight is 230 g/mol. The summed E-state index contributed by atoms with van der Waals surface area (Å²) in [6, 6.07) is 0. The topological polar surface area (TPSA) is 79.6 Å². The maximum absolute atomic E-state index is 7.50. The van der Waals surface area contributed by atoms with Crippen molar-refractivity contribution in [1.29, 1.82) is 0 Å². The molecule has 0 saturated heterocycles. The molecule has 0 amide bonds. The number of thioether (sulfide) groups is 1. The molecule has 0 aromatic carbocycles. The predicted octanol–water partition coefficient (Wildman–Crippen LogP) is 0.827. The molecule has 0 aliphatic carbocycles. The molecule has 0 N–H and O–H groups in total. The fraction of sp³-hybridized carbons (Fsp3) is 0.333. The largest absolute Gasteiger partial charge is 0 e. The SMILES string of the molecule is CSC.[C-]#[O+].[C-]#[O+].[C-]#[O+].[C-]#[O+].[Fe]. The van der Waals surface area contributed by atoms with Gasteiger partial charge in [-0.25, -0.2) is 0 Å². The third kappa shape index (κ3) is 26400. The van der Waals surface area contributed by atoms with Gasteiger partial charge in [0.2, 0.25) is 0 Å². The van der Waals surface area contributed by atoms with Gasteiger partial charge in [-0.1, -0.05) is 0 Å². The van der Waals surface area contributed by atoms with E-state index >= 15 is 0 Å². The maximum Gasteiger partial charge on any atom is 0 e. The molecule has 6 heteroatoms. The molecule has 0 heterocycles. The molecule has 0 aliphatic rings. The van der Waals surface area contributed by atoms with Gasteiger partial charge in [0.05, 0.1) is 0 Å². The van der Waals surface area contributed by atoms with E-state index < -0.39 is 0 Å². The van der Waals surface area contributed by atoms with Gasteiger partial charge in [0.1, 0.15) is 0 Å². The molecule has 4 nitrogen and oxygen atoms in total. The first kappa shape index (κ1) is 40.8. The minimum atomic E-state index is 0. The van der Waals surface area contributed by atoms with E-state index in [-0.39, 0.29) is 17.1 Å². The van der Waals surface area contributed by atoms with Crippen LogP contribution in [0.4, 0.5) is 0 Å². The van der Waals surface area contributed by atoms with E-state index in [4.69, 9.17) is 18.6 Å². The Bertz CT molecular complexity index is 72.7. The van der Waals surface area contributed by atoms with Gasteiger partial charge in [0, 0.05) is 17.1 Å². The van der Waals surface area contributed by atoms with E-state index in [0.29, 0.717) is 0 Å². The van der Waals surface area contributed by atoms with Crippen LogP contribution in [0.2, 0.25) is 0 Å². The normalized spacial score (nSPS) is 2.17. The minimum Gasteiger partial charge on any atom is 0 e. The molecule has 0 aliphatic heterocycles. The summed E-state index contributed by atoms with van der Waals surface area (Å²) >= 11 is 1.75. The molecule has 0 rings (SSSR count). The quantitative estimate of drug-likeness (QED) is 0.344. The van der Waals surface area contributed by atoms with Crippen LogP contribution in [-0.4, -0.2) is 12.5 Å². The van der Waals surface area contributed by atoms with E-state index in [1.165, 1.54) is 0 Å². The third-order valence-electron chi connectivity index (χ3n) is 0. The summed E-state index contributed by atoms with van der Waals surface area (Å²) < 4.78 is 30.0. The summed E-state index contributed by atoms with van der Waals surface area (Å²) in [4.78, 5) is 0. The van der Waals surface area contributed by atoms with Crippen molar-refractivity contribution in [2.24, 2.45) is 0 Å². The minimum absolute atomic E-state index is 0. The van der Waals surface area contributed by atoms with Gasteiger partial charge in [0.25, 0.3) is 0 Å². The molecule has 0 aromatic heterocycles. The maximum atomic E-state index is 7.50. The zero-order valence-corrected chi connectivity index (χ0v) is 8.32. The van der Waals surface area contributed by atoms with Gasteiger partial charge in [0.15, 0.2) is 0 Å². The van der Waals surface area contributed by atoms with Crippen molar-refractivity contribution in [2.75, 3.05) is 12.5 Å². The van der Waals surface area contributed by atoms with E-state index in [0.717, 1.165) is 0 Å². The van der Waals surface area contributed by atoms with E-state index in [2.05, 4.69) is 26.6 Å². The van der Waals surface area contributed by atoms with Crippen molar-refractivity contribution in [2.45, 2.75) is 0 Å². The molecule has 68 valence electrons. The number of rotatable bonds is 0. The summed E-state index contributed by atoms with van der Waals surface area (Å²) in [5.74, 6) is 0. The molecule has 0 bridgehead atoms. The van der Waals surface area contributed by atoms with Gasteiger partial charge >= 0.3 is 45.2 Å². The first-order valence-electron chi connectivity index (χ1n) is 1.63.